The average molecular weight is 578 g/mol. The van der Waals surface area contributed by atoms with Gasteiger partial charge in [0.15, 0.2) is 0 Å². The van der Waals surface area contributed by atoms with E-state index in [1.54, 1.807) is 35.5 Å². The smallest absolute Gasteiger partial charge is 0.418 e. The molecular formula is C29H26F3N7O3. The summed E-state index contributed by atoms with van der Waals surface area (Å²) in [7, 11) is 0. The molecule has 13 heteroatoms. The first-order valence-electron chi connectivity index (χ1n) is 13.4. The molecule has 0 spiro atoms. The Morgan fingerprint density at radius 2 is 1.79 bits per heavy atom. The molecule has 1 atom stereocenters. The van der Waals surface area contributed by atoms with Gasteiger partial charge in [-0.05, 0) is 44.0 Å². The van der Waals surface area contributed by atoms with E-state index in [1.165, 1.54) is 6.07 Å². The number of H-pyrrole nitrogens is 2. The standard InChI is InChI=1S/C29H26F3N7O3/c1-15(25-33-9-4-10-34-25)35-24-17-5-2-3-6-19(17)38-27(40)23(24)26-36-20-13-18(29(30,31)32)22(14-21(20)37-26)39-11-7-16(8-12-39)28(41)42/h2-6,9-10,13-16H,7-8,11-12H2,1H3,(H,36,37)(H,41,42)(H2,35,38,40). The summed E-state index contributed by atoms with van der Waals surface area (Å²) in [6.45, 7) is 2.17. The van der Waals surface area contributed by atoms with Gasteiger partial charge in [-0.2, -0.15) is 13.2 Å². The zero-order chi connectivity index (χ0) is 29.6. The lowest BCUT2D eigenvalue weighted by atomic mass is 9.96. The number of aliphatic carboxylic acids is 1. The van der Waals surface area contributed by atoms with Crippen LogP contribution in [0.25, 0.3) is 33.3 Å². The summed E-state index contributed by atoms with van der Waals surface area (Å²) in [6.07, 6.45) is -0.980. The number of hydrogen-bond acceptors (Lipinski definition) is 7. The molecule has 0 radical (unpaired) electrons. The molecule has 216 valence electrons. The highest BCUT2D eigenvalue weighted by atomic mass is 19.4. The third-order valence-corrected chi connectivity index (χ3v) is 7.58. The number of carboxylic acids is 1. The van der Waals surface area contributed by atoms with Crippen molar-refractivity contribution in [3.8, 4) is 11.4 Å². The monoisotopic (exact) mass is 577 g/mol. The fourth-order valence-electron chi connectivity index (χ4n) is 5.45. The molecule has 1 saturated heterocycles. The van der Waals surface area contributed by atoms with Gasteiger partial charge in [0.1, 0.15) is 17.2 Å². The van der Waals surface area contributed by atoms with Crippen LogP contribution in [-0.4, -0.2) is 49.1 Å². The van der Waals surface area contributed by atoms with Gasteiger partial charge in [0.05, 0.1) is 45.4 Å². The van der Waals surface area contributed by atoms with E-state index in [2.05, 4.69) is 30.2 Å². The lowest BCUT2D eigenvalue weighted by Crippen LogP contribution is -2.37. The lowest BCUT2D eigenvalue weighted by Gasteiger charge is -2.33. The van der Waals surface area contributed by atoms with Crippen molar-refractivity contribution in [2.45, 2.75) is 32.0 Å². The number of hydrogen-bond donors (Lipinski definition) is 4. The number of anilines is 2. The number of rotatable bonds is 6. The fraction of sp³-hybridized carbons (Fsp3) is 0.276. The normalized spacial score (nSPS) is 15.3. The Balaban J connectivity index is 1.48. The zero-order valence-corrected chi connectivity index (χ0v) is 22.4. The number of para-hydroxylation sites is 1. The number of nitrogens with one attached hydrogen (secondary N) is 3. The van der Waals surface area contributed by atoms with Crippen LogP contribution < -0.4 is 15.8 Å². The number of halogens is 3. The van der Waals surface area contributed by atoms with Crippen LogP contribution in [0.5, 0.6) is 0 Å². The minimum atomic E-state index is -4.67. The van der Waals surface area contributed by atoms with Crippen LogP contribution in [0, 0.1) is 5.92 Å². The van der Waals surface area contributed by atoms with Gasteiger partial charge in [0.2, 0.25) is 0 Å². The predicted octanol–water partition coefficient (Wildman–Crippen LogP) is 5.35. The third-order valence-electron chi connectivity index (χ3n) is 7.58. The maximum Gasteiger partial charge on any atom is 0.418 e. The molecule has 1 aliphatic heterocycles. The van der Waals surface area contributed by atoms with E-state index in [-0.39, 0.29) is 54.0 Å². The van der Waals surface area contributed by atoms with Gasteiger partial charge in [0, 0.05) is 30.9 Å². The number of aromatic amines is 2. The van der Waals surface area contributed by atoms with Gasteiger partial charge in [-0.25, -0.2) is 15.0 Å². The van der Waals surface area contributed by atoms with Crippen LogP contribution in [0.4, 0.5) is 24.5 Å². The summed E-state index contributed by atoms with van der Waals surface area (Å²) in [5.74, 6) is -0.958. The minimum Gasteiger partial charge on any atom is -0.481 e. The highest BCUT2D eigenvalue weighted by Crippen LogP contribution is 2.41. The van der Waals surface area contributed by atoms with Gasteiger partial charge in [0.25, 0.3) is 5.56 Å². The number of alkyl halides is 3. The highest BCUT2D eigenvalue weighted by Gasteiger charge is 2.37. The van der Waals surface area contributed by atoms with E-state index in [0.29, 0.717) is 22.4 Å². The van der Waals surface area contributed by atoms with Crippen molar-refractivity contribution >= 4 is 39.3 Å². The Morgan fingerprint density at radius 3 is 2.48 bits per heavy atom. The van der Waals surface area contributed by atoms with Crippen molar-refractivity contribution < 1.29 is 23.1 Å². The van der Waals surface area contributed by atoms with E-state index in [0.717, 1.165) is 6.07 Å². The maximum absolute atomic E-state index is 14.2. The van der Waals surface area contributed by atoms with Gasteiger partial charge in [-0.3, -0.25) is 9.59 Å². The molecule has 2 aromatic carbocycles. The van der Waals surface area contributed by atoms with E-state index >= 15 is 0 Å². The number of pyridine rings is 1. The third kappa shape index (κ3) is 5.01. The van der Waals surface area contributed by atoms with E-state index < -0.39 is 35.2 Å². The molecule has 0 saturated carbocycles. The summed E-state index contributed by atoms with van der Waals surface area (Å²) in [4.78, 5) is 45.3. The molecule has 0 amide bonds. The highest BCUT2D eigenvalue weighted by molar-refractivity contribution is 5.99. The Morgan fingerprint density at radius 1 is 1.07 bits per heavy atom. The first kappa shape index (κ1) is 27.2. The van der Waals surface area contributed by atoms with Crippen molar-refractivity contribution in [2.75, 3.05) is 23.3 Å². The molecule has 4 heterocycles. The number of piperidine rings is 1. The number of carbonyl (C=O) groups is 1. The molecule has 4 N–H and O–H groups in total. The van der Waals surface area contributed by atoms with Crippen molar-refractivity contribution in [2.24, 2.45) is 5.92 Å². The van der Waals surface area contributed by atoms with E-state index in [4.69, 9.17) is 0 Å². The van der Waals surface area contributed by atoms with Crippen LogP contribution in [0.1, 0.15) is 37.2 Å². The molecule has 0 aliphatic carbocycles. The van der Waals surface area contributed by atoms with Crippen LogP contribution in [0.3, 0.4) is 0 Å². The van der Waals surface area contributed by atoms with E-state index in [9.17, 15) is 27.9 Å². The molecule has 42 heavy (non-hydrogen) atoms. The Bertz CT molecular complexity index is 1850. The maximum atomic E-state index is 14.2. The number of imidazole rings is 1. The van der Waals surface area contributed by atoms with Crippen molar-refractivity contribution in [3.05, 3.63) is 76.6 Å². The zero-order valence-electron chi connectivity index (χ0n) is 22.4. The summed E-state index contributed by atoms with van der Waals surface area (Å²) >= 11 is 0. The van der Waals surface area contributed by atoms with Gasteiger partial charge < -0.3 is 25.3 Å². The number of fused-ring (bicyclic) bond motifs is 2. The Kier molecular flexibility index (Phi) is 6.79. The summed E-state index contributed by atoms with van der Waals surface area (Å²) in [6, 6.07) is 10.8. The SMILES string of the molecule is CC(Nc1c(-c2nc3cc(N4CCC(C(=O)O)CC4)c(C(F)(F)F)cc3[nH]2)c(=O)[nH]c2ccccc12)c1ncccn1. The quantitative estimate of drug-likeness (QED) is 0.212. The second-order valence-electron chi connectivity index (χ2n) is 10.3. The molecule has 1 aliphatic rings. The Hall–Kier alpha value is -4.94. The first-order valence-corrected chi connectivity index (χ1v) is 13.4. The van der Waals surface area contributed by atoms with Crippen LogP contribution >= 0.6 is 0 Å². The van der Waals surface area contributed by atoms with Gasteiger partial charge >= 0.3 is 12.1 Å². The molecule has 1 fully saturated rings. The van der Waals surface area contributed by atoms with Gasteiger partial charge in [-0.15, -0.1) is 0 Å². The molecule has 10 nitrogen and oxygen atoms in total. The molecule has 6 rings (SSSR count). The van der Waals surface area contributed by atoms with Crippen LogP contribution in [0.15, 0.2) is 59.7 Å². The minimum absolute atomic E-state index is 0.0718. The molecule has 5 aromatic rings. The fourth-order valence-corrected chi connectivity index (χ4v) is 5.45. The average Bonchev–Trinajstić information content (AvgIpc) is 3.39. The number of benzene rings is 2. The molecular weight excluding hydrogens is 551 g/mol. The van der Waals surface area contributed by atoms with Gasteiger partial charge in [-0.1, -0.05) is 18.2 Å². The van der Waals surface area contributed by atoms with Crippen molar-refractivity contribution in [3.63, 3.8) is 0 Å². The second-order valence-corrected chi connectivity index (χ2v) is 10.3. The van der Waals surface area contributed by atoms with Crippen molar-refractivity contribution in [1.29, 1.82) is 0 Å². The first-order chi connectivity index (χ1) is 20.1. The number of carboxylic acid groups (broad SMARTS) is 1. The summed E-state index contributed by atoms with van der Waals surface area (Å²) in [5.41, 5.74) is 0.0641. The topological polar surface area (TPSA) is 140 Å². The number of aromatic nitrogens is 5. The summed E-state index contributed by atoms with van der Waals surface area (Å²) < 4.78 is 42.7. The van der Waals surface area contributed by atoms with E-state index in [1.807, 2.05) is 19.1 Å². The molecule has 0 bridgehead atoms. The van der Waals surface area contributed by atoms with Crippen molar-refractivity contribution in [1.82, 2.24) is 24.9 Å². The second kappa shape index (κ2) is 10.5. The summed E-state index contributed by atoms with van der Waals surface area (Å²) in [5, 5.41) is 13.3. The van der Waals surface area contributed by atoms with Crippen LogP contribution in [0.2, 0.25) is 0 Å². The predicted molar refractivity (Wildman–Crippen MR) is 151 cm³/mol. The van der Waals surface area contributed by atoms with Crippen LogP contribution in [-0.2, 0) is 11.0 Å². The Labute approximate surface area is 236 Å². The molecule has 3 aromatic heterocycles. The molecule has 1 unspecified atom stereocenters. The lowest BCUT2D eigenvalue weighted by molar-refractivity contribution is -0.142. The number of nitrogens with zero attached hydrogens (tertiary/aromatic N) is 4. The largest absolute Gasteiger partial charge is 0.481 e.